The summed E-state index contributed by atoms with van der Waals surface area (Å²) in [4.78, 5) is 25.4. The molecule has 1 unspecified atom stereocenters. The molecule has 1 aromatic carbocycles. The number of nitrogens with one attached hydrogen (secondary N) is 1. The average Bonchev–Trinajstić information content (AvgIpc) is 2.85. The molecule has 2 amide bonds. The van der Waals surface area contributed by atoms with Gasteiger partial charge in [0.15, 0.2) is 0 Å². The van der Waals surface area contributed by atoms with E-state index < -0.39 is 0 Å². The first-order valence-corrected chi connectivity index (χ1v) is 7.56. The number of rotatable bonds is 6. The zero-order chi connectivity index (χ0) is 15.2. The summed E-state index contributed by atoms with van der Waals surface area (Å²) in [6, 6.07) is 7.31. The smallest absolute Gasteiger partial charge is 0.227 e. The molecule has 1 aromatic rings. The van der Waals surface area contributed by atoms with E-state index >= 15 is 0 Å². The minimum atomic E-state index is -0.0988. The first-order valence-electron chi connectivity index (χ1n) is 7.56. The third-order valence-corrected chi connectivity index (χ3v) is 3.62. The minimum Gasteiger partial charge on any atom is -0.327 e. The van der Waals surface area contributed by atoms with Crippen LogP contribution in [0.3, 0.4) is 0 Å². The van der Waals surface area contributed by atoms with E-state index in [9.17, 15) is 9.59 Å². The molecular formula is C16H23N3O2. The second kappa shape index (κ2) is 7.22. The molecule has 2 rings (SSSR count). The lowest BCUT2D eigenvalue weighted by Gasteiger charge is -2.17. The highest BCUT2D eigenvalue weighted by atomic mass is 16.2. The molecule has 1 fully saturated rings. The predicted octanol–water partition coefficient (Wildman–Crippen LogP) is 2.27. The summed E-state index contributed by atoms with van der Waals surface area (Å²) >= 11 is 0. The van der Waals surface area contributed by atoms with Crippen LogP contribution in [-0.4, -0.2) is 24.4 Å². The second-order valence-corrected chi connectivity index (χ2v) is 5.50. The van der Waals surface area contributed by atoms with Crippen LogP contribution in [0.25, 0.3) is 0 Å². The number of nitrogens with zero attached hydrogens (tertiary/aromatic N) is 1. The lowest BCUT2D eigenvalue weighted by molar-refractivity contribution is -0.117. The molecule has 1 atom stereocenters. The number of carbonyl (C=O) groups excluding carboxylic acids is 2. The fourth-order valence-electron chi connectivity index (χ4n) is 2.60. The maximum absolute atomic E-state index is 11.9. The lowest BCUT2D eigenvalue weighted by Crippen LogP contribution is -2.27. The highest BCUT2D eigenvalue weighted by Crippen LogP contribution is 2.24. The van der Waals surface area contributed by atoms with Gasteiger partial charge in [-0.25, -0.2) is 0 Å². The van der Waals surface area contributed by atoms with E-state index in [-0.39, 0.29) is 17.9 Å². The Labute approximate surface area is 125 Å². The zero-order valence-corrected chi connectivity index (χ0v) is 12.5. The first-order chi connectivity index (χ1) is 10.1. The molecule has 0 saturated carbocycles. The van der Waals surface area contributed by atoms with E-state index in [0.29, 0.717) is 18.5 Å². The molecule has 1 heterocycles. The van der Waals surface area contributed by atoms with Crippen LogP contribution in [0.15, 0.2) is 24.3 Å². The van der Waals surface area contributed by atoms with Crippen LogP contribution in [0, 0.1) is 0 Å². The molecule has 1 aliphatic rings. The van der Waals surface area contributed by atoms with Crippen molar-refractivity contribution in [2.24, 2.45) is 5.73 Å². The molecular weight excluding hydrogens is 266 g/mol. The SMILES string of the molecule is CCCC(N)CC(=O)Nc1cccc(N2CCCC2=O)c1. The normalized spacial score (nSPS) is 16.1. The molecule has 21 heavy (non-hydrogen) atoms. The van der Waals surface area contributed by atoms with Crippen molar-refractivity contribution in [3.8, 4) is 0 Å². The summed E-state index contributed by atoms with van der Waals surface area (Å²) in [7, 11) is 0. The highest BCUT2D eigenvalue weighted by Gasteiger charge is 2.21. The van der Waals surface area contributed by atoms with Gasteiger partial charge in [-0.3, -0.25) is 9.59 Å². The minimum absolute atomic E-state index is 0.0825. The zero-order valence-electron chi connectivity index (χ0n) is 12.5. The molecule has 5 nitrogen and oxygen atoms in total. The van der Waals surface area contributed by atoms with Crippen LogP contribution in [0.4, 0.5) is 11.4 Å². The number of benzene rings is 1. The van der Waals surface area contributed by atoms with Crippen LogP contribution >= 0.6 is 0 Å². The lowest BCUT2D eigenvalue weighted by atomic mass is 10.1. The largest absolute Gasteiger partial charge is 0.327 e. The average molecular weight is 289 g/mol. The van der Waals surface area contributed by atoms with E-state index in [1.165, 1.54) is 0 Å². The van der Waals surface area contributed by atoms with Gasteiger partial charge in [-0.05, 0) is 31.0 Å². The van der Waals surface area contributed by atoms with E-state index in [1.54, 1.807) is 4.90 Å². The Morgan fingerprint density at radius 1 is 1.48 bits per heavy atom. The van der Waals surface area contributed by atoms with Crippen molar-refractivity contribution in [3.63, 3.8) is 0 Å². The van der Waals surface area contributed by atoms with Crippen LogP contribution in [0.5, 0.6) is 0 Å². The first kappa shape index (κ1) is 15.5. The van der Waals surface area contributed by atoms with E-state index in [1.807, 2.05) is 31.2 Å². The molecule has 1 saturated heterocycles. The Morgan fingerprint density at radius 3 is 2.95 bits per heavy atom. The maximum atomic E-state index is 11.9. The third kappa shape index (κ3) is 4.29. The second-order valence-electron chi connectivity index (χ2n) is 5.50. The number of amides is 2. The van der Waals surface area contributed by atoms with Crippen LogP contribution in [0.1, 0.15) is 39.0 Å². The molecule has 114 valence electrons. The van der Waals surface area contributed by atoms with Crippen molar-refractivity contribution >= 4 is 23.2 Å². The Balaban J connectivity index is 1.97. The van der Waals surface area contributed by atoms with E-state index in [0.717, 1.165) is 31.5 Å². The number of anilines is 2. The fraction of sp³-hybridized carbons (Fsp3) is 0.500. The van der Waals surface area contributed by atoms with Crippen molar-refractivity contribution in [2.45, 2.75) is 45.1 Å². The summed E-state index contributed by atoms with van der Waals surface area (Å²) < 4.78 is 0. The Morgan fingerprint density at radius 2 is 2.29 bits per heavy atom. The molecule has 0 spiro atoms. The van der Waals surface area contributed by atoms with Gasteiger partial charge in [0.05, 0.1) is 0 Å². The number of carbonyl (C=O) groups is 2. The van der Waals surface area contributed by atoms with Gasteiger partial charge >= 0.3 is 0 Å². The van der Waals surface area contributed by atoms with Crippen molar-refractivity contribution in [3.05, 3.63) is 24.3 Å². The molecule has 0 bridgehead atoms. The van der Waals surface area contributed by atoms with Gasteiger partial charge in [-0.1, -0.05) is 19.4 Å². The summed E-state index contributed by atoms with van der Waals surface area (Å²) in [5, 5.41) is 2.85. The van der Waals surface area contributed by atoms with Crippen molar-refractivity contribution < 1.29 is 9.59 Å². The number of nitrogens with two attached hydrogens (primary N) is 1. The predicted molar refractivity (Wildman–Crippen MR) is 84.2 cm³/mol. The quantitative estimate of drug-likeness (QED) is 0.843. The summed E-state index contributed by atoms with van der Waals surface area (Å²) in [5.41, 5.74) is 7.42. The van der Waals surface area contributed by atoms with Crippen molar-refractivity contribution in [1.82, 2.24) is 0 Å². The van der Waals surface area contributed by atoms with Gasteiger partial charge in [0.25, 0.3) is 0 Å². The Hall–Kier alpha value is -1.88. The van der Waals surface area contributed by atoms with Crippen molar-refractivity contribution in [1.29, 1.82) is 0 Å². The maximum Gasteiger partial charge on any atom is 0.227 e. The molecule has 1 aliphatic heterocycles. The van der Waals surface area contributed by atoms with Gasteiger partial charge in [0, 0.05) is 36.8 Å². The summed E-state index contributed by atoms with van der Waals surface area (Å²) in [6.45, 7) is 2.80. The monoisotopic (exact) mass is 289 g/mol. The van der Waals surface area contributed by atoms with Crippen LogP contribution in [-0.2, 0) is 9.59 Å². The molecule has 0 aromatic heterocycles. The number of hydrogen-bond acceptors (Lipinski definition) is 3. The molecule has 0 aliphatic carbocycles. The van der Waals surface area contributed by atoms with Gasteiger partial charge in [-0.15, -0.1) is 0 Å². The van der Waals surface area contributed by atoms with Crippen LogP contribution in [0.2, 0.25) is 0 Å². The summed E-state index contributed by atoms with van der Waals surface area (Å²) in [5.74, 6) is 0.0595. The molecule has 5 heteroatoms. The topological polar surface area (TPSA) is 75.4 Å². The van der Waals surface area contributed by atoms with Gasteiger partial charge in [-0.2, -0.15) is 0 Å². The number of hydrogen-bond donors (Lipinski definition) is 2. The Bertz CT molecular complexity index is 516. The van der Waals surface area contributed by atoms with Gasteiger partial charge in [0.2, 0.25) is 11.8 Å². The van der Waals surface area contributed by atoms with Gasteiger partial charge in [0.1, 0.15) is 0 Å². The Kier molecular flexibility index (Phi) is 5.33. The van der Waals surface area contributed by atoms with E-state index in [2.05, 4.69) is 5.32 Å². The van der Waals surface area contributed by atoms with Gasteiger partial charge < -0.3 is 16.0 Å². The van der Waals surface area contributed by atoms with Crippen LogP contribution < -0.4 is 16.0 Å². The van der Waals surface area contributed by atoms with Crippen molar-refractivity contribution in [2.75, 3.05) is 16.8 Å². The summed E-state index contributed by atoms with van der Waals surface area (Å²) in [6.07, 6.45) is 3.63. The molecule has 0 radical (unpaired) electrons. The highest BCUT2D eigenvalue weighted by molar-refractivity contribution is 5.97. The van der Waals surface area contributed by atoms with E-state index in [4.69, 9.17) is 5.73 Å². The fourth-order valence-corrected chi connectivity index (χ4v) is 2.60. The third-order valence-electron chi connectivity index (χ3n) is 3.62. The standard InChI is InChI=1S/C16H23N3O2/c1-2-5-12(17)10-15(20)18-13-6-3-7-14(11-13)19-9-4-8-16(19)21/h3,6-7,11-12H,2,4-5,8-10,17H2,1H3,(H,18,20). The molecule has 3 N–H and O–H groups in total.